The number of likely N-dealkylation sites (tertiary alicyclic amines) is 1. The van der Waals surface area contributed by atoms with Gasteiger partial charge in [-0.1, -0.05) is 24.3 Å². The fourth-order valence-corrected chi connectivity index (χ4v) is 4.03. The fourth-order valence-electron chi connectivity index (χ4n) is 4.03. The molecular formula is C25H31N3O4. The number of hydrogen-bond acceptors (Lipinski definition) is 4. The van der Waals surface area contributed by atoms with Crippen LogP contribution >= 0.6 is 0 Å². The molecule has 4 rings (SSSR count). The van der Waals surface area contributed by atoms with Crippen molar-refractivity contribution in [3.63, 3.8) is 0 Å². The monoisotopic (exact) mass is 437 g/mol. The lowest BCUT2D eigenvalue weighted by molar-refractivity contribution is -0.126. The van der Waals surface area contributed by atoms with Gasteiger partial charge in [-0.3, -0.25) is 14.9 Å². The van der Waals surface area contributed by atoms with Crippen LogP contribution in [0, 0.1) is 5.92 Å². The van der Waals surface area contributed by atoms with E-state index in [1.165, 1.54) is 0 Å². The third-order valence-corrected chi connectivity index (χ3v) is 5.76. The van der Waals surface area contributed by atoms with Crippen molar-refractivity contribution in [3.8, 4) is 0 Å². The first-order valence-electron chi connectivity index (χ1n) is 11.3. The molecule has 0 radical (unpaired) electrons. The topological polar surface area (TPSA) is 87.7 Å². The maximum Gasteiger partial charge on any atom is 0.412 e. The van der Waals surface area contributed by atoms with Gasteiger partial charge in [-0.2, -0.15) is 0 Å². The molecule has 32 heavy (non-hydrogen) atoms. The number of nitrogens with zero attached hydrogens (tertiary/aromatic N) is 1. The van der Waals surface area contributed by atoms with Crippen LogP contribution in [-0.4, -0.2) is 47.5 Å². The van der Waals surface area contributed by atoms with Gasteiger partial charge in [-0.25, -0.2) is 4.79 Å². The zero-order valence-corrected chi connectivity index (χ0v) is 18.9. The van der Waals surface area contributed by atoms with Gasteiger partial charge in [0.05, 0.1) is 17.2 Å². The molecule has 0 aromatic heterocycles. The molecule has 2 aromatic rings. The highest BCUT2D eigenvalue weighted by Crippen LogP contribution is 2.28. The van der Waals surface area contributed by atoms with Crippen molar-refractivity contribution >= 4 is 34.4 Å². The number of anilines is 1. The number of piperidine rings is 1. The molecule has 1 aliphatic carbocycles. The van der Waals surface area contributed by atoms with Gasteiger partial charge < -0.3 is 15.0 Å². The minimum Gasteiger partial charge on any atom is -0.444 e. The Kier molecular flexibility index (Phi) is 6.09. The van der Waals surface area contributed by atoms with E-state index in [1.54, 1.807) is 37.8 Å². The van der Waals surface area contributed by atoms with Gasteiger partial charge in [0.25, 0.3) is 5.91 Å². The van der Waals surface area contributed by atoms with Crippen LogP contribution < -0.4 is 10.6 Å². The lowest BCUT2D eigenvalue weighted by atomic mass is 9.95. The molecule has 1 heterocycles. The van der Waals surface area contributed by atoms with Crippen LogP contribution in [0.15, 0.2) is 36.4 Å². The van der Waals surface area contributed by atoms with E-state index in [9.17, 15) is 14.4 Å². The molecule has 1 atom stereocenters. The van der Waals surface area contributed by atoms with Gasteiger partial charge in [0.15, 0.2) is 0 Å². The Morgan fingerprint density at radius 3 is 2.38 bits per heavy atom. The Morgan fingerprint density at radius 2 is 1.72 bits per heavy atom. The van der Waals surface area contributed by atoms with E-state index >= 15 is 0 Å². The summed E-state index contributed by atoms with van der Waals surface area (Å²) in [5.74, 6) is -0.350. The molecule has 0 spiro atoms. The molecule has 2 fully saturated rings. The minimum absolute atomic E-state index is 0.0376. The smallest absolute Gasteiger partial charge is 0.412 e. The Morgan fingerprint density at radius 1 is 1.03 bits per heavy atom. The second-order valence-electron chi connectivity index (χ2n) is 9.75. The number of benzene rings is 2. The van der Waals surface area contributed by atoms with Crippen LogP contribution in [0.3, 0.4) is 0 Å². The Labute approximate surface area is 188 Å². The standard InChI is InChI=1S/C25H31N3O4/c1-25(2,3)32-24(31)27-21-14-17-8-5-4-7-16(17)13-20(21)23(30)28-12-6-9-18(15-28)22(29)26-19-10-11-19/h4-5,7-8,13-14,18-19H,6,9-12,15H2,1-3H3,(H,26,29)(H,27,31). The molecule has 1 aliphatic heterocycles. The third kappa shape index (κ3) is 5.39. The number of nitrogens with one attached hydrogen (secondary N) is 2. The molecule has 170 valence electrons. The molecule has 1 unspecified atom stereocenters. The van der Waals surface area contributed by atoms with Crippen molar-refractivity contribution in [1.29, 1.82) is 0 Å². The molecular weight excluding hydrogens is 406 g/mol. The summed E-state index contributed by atoms with van der Waals surface area (Å²) in [6.45, 7) is 6.35. The van der Waals surface area contributed by atoms with Gasteiger partial charge in [0.2, 0.25) is 5.91 Å². The van der Waals surface area contributed by atoms with Crippen molar-refractivity contribution in [2.45, 2.75) is 58.1 Å². The highest BCUT2D eigenvalue weighted by atomic mass is 16.6. The second-order valence-corrected chi connectivity index (χ2v) is 9.75. The van der Waals surface area contributed by atoms with Gasteiger partial charge in [0, 0.05) is 19.1 Å². The highest BCUT2D eigenvalue weighted by molar-refractivity contribution is 6.07. The van der Waals surface area contributed by atoms with E-state index < -0.39 is 11.7 Å². The fraction of sp³-hybridized carbons (Fsp3) is 0.480. The van der Waals surface area contributed by atoms with E-state index in [2.05, 4.69) is 10.6 Å². The number of carbonyl (C=O) groups excluding carboxylic acids is 3. The van der Waals surface area contributed by atoms with Crippen molar-refractivity contribution < 1.29 is 19.1 Å². The summed E-state index contributed by atoms with van der Waals surface area (Å²) in [6.07, 6.45) is 3.03. The Bertz CT molecular complexity index is 1040. The molecule has 7 heteroatoms. The van der Waals surface area contributed by atoms with Crippen molar-refractivity contribution in [3.05, 3.63) is 42.0 Å². The van der Waals surface area contributed by atoms with E-state index in [0.717, 1.165) is 36.5 Å². The van der Waals surface area contributed by atoms with E-state index in [4.69, 9.17) is 4.74 Å². The van der Waals surface area contributed by atoms with Gasteiger partial charge in [0.1, 0.15) is 5.60 Å². The zero-order valence-electron chi connectivity index (χ0n) is 18.9. The van der Waals surface area contributed by atoms with Crippen molar-refractivity contribution in [1.82, 2.24) is 10.2 Å². The predicted molar refractivity (Wildman–Crippen MR) is 124 cm³/mol. The summed E-state index contributed by atoms with van der Waals surface area (Å²) in [5, 5.41) is 7.64. The summed E-state index contributed by atoms with van der Waals surface area (Å²) in [7, 11) is 0. The molecule has 2 aromatic carbocycles. The average Bonchev–Trinajstić information content (AvgIpc) is 3.55. The molecule has 2 N–H and O–H groups in total. The lowest BCUT2D eigenvalue weighted by Gasteiger charge is -2.32. The Balaban J connectivity index is 1.58. The van der Waals surface area contributed by atoms with Crippen molar-refractivity contribution in [2.24, 2.45) is 5.92 Å². The number of carbonyl (C=O) groups is 3. The maximum absolute atomic E-state index is 13.5. The molecule has 0 bridgehead atoms. The van der Waals surface area contributed by atoms with Crippen molar-refractivity contribution in [2.75, 3.05) is 18.4 Å². The molecule has 3 amide bonds. The number of hydrogen-bond donors (Lipinski definition) is 2. The third-order valence-electron chi connectivity index (χ3n) is 5.76. The van der Waals surface area contributed by atoms with Gasteiger partial charge >= 0.3 is 6.09 Å². The summed E-state index contributed by atoms with van der Waals surface area (Å²) >= 11 is 0. The summed E-state index contributed by atoms with van der Waals surface area (Å²) < 4.78 is 5.40. The predicted octanol–water partition coefficient (Wildman–Crippen LogP) is 4.32. The zero-order chi connectivity index (χ0) is 22.9. The average molecular weight is 438 g/mol. The first-order valence-corrected chi connectivity index (χ1v) is 11.3. The molecule has 1 saturated carbocycles. The largest absolute Gasteiger partial charge is 0.444 e. The van der Waals surface area contributed by atoms with Gasteiger partial charge in [-0.15, -0.1) is 0 Å². The quantitative estimate of drug-likeness (QED) is 0.746. The van der Waals surface area contributed by atoms with Crippen LogP contribution in [0.1, 0.15) is 56.8 Å². The Hall–Kier alpha value is -3.09. The van der Waals surface area contributed by atoms with E-state index in [-0.39, 0.29) is 17.7 Å². The lowest BCUT2D eigenvalue weighted by Crippen LogP contribution is -2.46. The van der Waals surface area contributed by atoms with Crippen LogP contribution in [0.2, 0.25) is 0 Å². The van der Waals surface area contributed by atoms with Crippen LogP contribution in [0.4, 0.5) is 10.5 Å². The molecule has 7 nitrogen and oxygen atoms in total. The number of ether oxygens (including phenoxy) is 1. The number of amides is 3. The summed E-state index contributed by atoms with van der Waals surface area (Å²) in [4.78, 5) is 40.3. The normalized spacial score (nSPS) is 18.8. The maximum atomic E-state index is 13.5. The SMILES string of the molecule is CC(C)(C)OC(=O)Nc1cc2ccccc2cc1C(=O)N1CCCC(C(=O)NC2CC2)C1. The first-order chi connectivity index (χ1) is 15.2. The van der Waals surface area contributed by atoms with Crippen LogP contribution in [0.5, 0.6) is 0 Å². The molecule has 1 saturated heterocycles. The molecule has 2 aliphatic rings. The number of rotatable bonds is 4. The van der Waals surface area contributed by atoms with E-state index in [1.807, 2.05) is 24.3 Å². The first kappa shape index (κ1) is 22.1. The second kappa shape index (κ2) is 8.81. The number of fused-ring (bicyclic) bond motifs is 1. The summed E-state index contributed by atoms with van der Waals surface area (Å²) in [6, 6.07) is 11.6. The van der Waals surface area contributed by atoms with Crippen LogP contribution in [0.25, 0.3) is 10.8 Å². The van der Waals surface area contributed by atoms with Gasteiger partial charge in [-0.05, 0) is 69.4 Å². The van der Waals surface area contributed by atoms with E-state index in [0.29, 0.717) is 30.4 Å². The highest BCUT2D eigenvalue weighted by Gasteiger charge is 2.33. The summed E-state index contributed by atoms with van der Waals surface area (Å²) in [5.41, 5.74) is 0.158. The minimum atomic E-state index is -0.653. The van der Waals surface area contributed by atoms with Crippen LogP contribution in [-0.2, 0) is 9.53 Å².